The number of hydrogen-bond acceptors (Lipinski definition) is 2. The Morgan fingerprint density at radius 2 is 1.60 bits per heavy atom. The first-order chi connectivity index (χ1) is 9.34. The van der Waals surface area contributed by atoms with E-state index in [0.29, 0.717) is 22.3 Å². The van der Waals surface area contributed by atoms with E-state index in [9.17, 15) is 0 Å². The molecule has 3 heteroatoms. The Balaban J connectivity index is 3.23. The molecule has 2 nitrogen and oxygen atoms in total. The third-order valence-electron chi connectivity index (χ3n) is 4.24. The summed E-state index contributed by atoms with van der Waals surface area (Å²) in [7, 11) is -1.70. The van der Waals surface area contributed by atoms with Crippen molar-refractivity contribution < 1.29 is 5.11 Å². The maximum atomic E-state index is 9.15. The lowest BCUT2D eigenvalue weighted by Gasteiger charge is -2.38. The zero-order valence-electron chi connectivity index (χ0n) is 13.6. The van der Waals surface area contributed by atoms with E-state index in [1.807, 2.05) is 18.2 Å². The van der Waals surface area contributed by atoms with Gasteiger partial charge in [-0.3, -0.25) is 0 Å². The first kappa shape index (κ1) is 16.9. The largest absolute Gasteiger partial charge is 0.390 e. The molecule has 0 unspecified atom stereocenters. The SMILES string of the molecule is CC(C)[Si](C#Cc1cccc(CO)n1)(C(C)C)C(C)C. The van der Waals surface area contributed by atoms with Gasteiger partial charge in [0.1, 0.15) is 13.8 Å². The van der Waals surface area contributed by atoms with Crippen LogP contribution in [-0.4, -0.2) is 18.2 Å². The van der Waals surface area contributed by atoms with Gasteiger partial charge in [0.2, 0.25) is 0 Å². The van der Waals surface area contributed by atoms with Crippen molar-refractivity contribution >= 4 is 8.07 Å². The normalized spacial score (nSPS) is 11.9. The highest BCUT2D eigenvalue weighted by Gasteiger charge is 2.41. The molecule has 0 aromatic carbocycles. The number of nitrogens with zero attached hydrogens (tertiary/aromatic N) is 1. The van der Waals surface area contributed by atoms with Gasteiger partial charge in [0.15, 0.2) is 0 Å². The molecule has 1 rings (SSSR count). The van der Waals surface area contributed by atoms with Gasteiger partial charge in [-0.05, 0) is 28.8 Å². The lowest BCUT2D eigenvalue weighted by molar-refractivity contribution is 0.277. The Morgan fingerprint density at radius 3 is 2.05 bits per heavy atom. The molecule has 0 spiro atoms. The molecule has 1 heterocycles. The molecule has 20 heavy (non-hydrogen) atoms. The Labute approximate surface area is 124 Å². The summed E-state index contributed by atoms with van der Waals surface area (Å²) in [6, 6.07) is 5.65. The van der Waals surface area contributed by atoms with Crippen LogP contribution < -0.4 is 0 Å². The Hall–Kier alpha value is -1.11. The molecule has 0 aliphatic carbocycles. The van der Waals surface area contributed by atoms with Crippen molar-refractivity contribution in [3.8, 4) is 11.5 Å². The van der Waals surface area contributed by atoms with Gasteiger partial charge < -0.3 is 5.11 Å². The van der Waals surface area contributed by atoms with Gasteiger partial charge in [-0.25, -0.2) is 4.98 Å². The molecule has 0 saturated heterocycles. The summed E-state index contributed by atoms with van der Waals surface area (Å²) >= 11 is 0. The van der Waals surface area contributed by atoms with Gasteiger partial charge in [-0.1, -0.05) is 53.5 Å². The number of hydrogen-bond donors (Lipinski definition) is 1. The average Bonchev–Trinajstić information content (AvgIpc) is 2.38. The van der Waals surface area contributed by atoms with E-state index >= 15 is 0 Å². The quantitative estimate of drug-likeness (QED) is 0.667. The number of pyridine rings is 1. The van der Waals surface area contributed by atoms with Crippen molar-refractivity contribution in [1.29, 1.82) is 0 Å². The number of aromatic nitrogens is 1. The summed E-state index contributed by atoms with van der Waals surface area (Å²) in [4.78, 5) is 4.37. The van der Waals surface area contributed by atoms with Crippen molar-refractivity contribution in [1.82, 2.24) is 4.98 Å². The van der Waals surface area contributed by atoms with Crippen LogP contribution in [0.1, 0.15) is 52.9 Å². The first-order valence-corrected chi connectivity index (χ1v) is 9.67. The fraction of sp³-hybridized carbons (Fsp3) is 0.588. The summed E-state index contributed by atoms with van der Waals surface area (Å²) in [5, 5.41) is 9.15. The van der Waals surface area contributed by atoms with Gasteiger partial charge >= 0.3 is 0 Å². The maximum Gasteiger partial charge on any atom is 0.146 e. The van der Waals surface area contributed by atoms with Crippen molar-refractivity contribution in [3.63, 3.8) is 0 Å². The van der Waals surface area contributed by atoms with Crippen LogP contribution in [0.25, 0.3) is 0 Å². The van der Waals surface area contributed by atoms with Crippen LogP contribution in [0, 0.1) is 11.5 Å². The third kappa shape index (κ3) is 3.50. The molecular formula is C17H27NOSi. The number of aliphatic hydroxyl groups is 1. The van der Waals surface area contributed by atoms with Crippen LogP contribution in [-0.2, 0) is 6.61 Å². The minimum absolute atomic E-state index is 0.0311. The highest BCUT2D eigenvalue weighted by molar-refractivity contribution is 6.90. The number of aliphatic hydroxyl groups excluding tert-OH is 1. The van der Waals surface area contributed by atoms with Gasteiger partial charge in [0, 0.05) is 0 Å². The molecule has 0 radical (unpaired) electrons. The Bertz CT molecular complexity index is 475. The zero-order valence-corrected chi connectivity index (χ0v) is 14.6. The third-order valence-corrected chi connectivity index (χ3v) is 10.5. The minimum Gasteiger partial charge on any atom is -0.390 e. The molecule has 1 N–H and O–H groups in total. The Morgan fingerprint density at radius 1 is 1.05 bits per heavy atom. The highest BCUT2D eigenvalue weighted by atomic mass is 28.3. The van der Waals surface area contributed by atoms with E-state index in [4.69, 9.17) is 5.11 Å². The molecule has 0 atom stereocenters. The summed E-state index contributed by atoms with van der Waals surface area (Å²) < 4.78 is 0. The van der Waals surface area contributed by atoms with Gasteiger partial charge in [-0.15, -0.1) is 5.54 Å². The fourth-order valence-corrected chi connectivity index (χ4v) is 8.45. The molecule has 1 aromatic heterocycles. The van der Waals surface area contributed by atoms with Crippen LogP contribution in [0.5, 0.6) is 0 Å². The predicted molar refractivity (Wildman–Crippen MR) is 88.1 cm³/mol. The molecule has 0 saturated carbocycles. The van der Waals surface area contributed by atoms with E-state index in [-0.39, 0.29) is 6.61 Å². The van der Waals surface area contributed by atoms with Crippen molar-refractivity contribution in [2.45, 2.75) is 64.8 Å². The van der Waals surface area contributed by atoms with Crippen LogP contribution >= 0.6 is 0 Å². The van der Waals surface area contributed by atoms with Gasteiger partial charge in [0.05, 0.1) is 12.3 Å². The van der Waals surface area contributed by atoms with Crippen LogP contribution in [0.2, 0.25) is 16.6 Å². The lowest BCUT2D eigenvalue weighted by Crippen LogP contribution is -2.43. The van der Waals surface area contributed by atoms with E-state index in [1.54, 1.807) is 0 Å². The fourth-order valence-electron chi connectivity index (χ4n) is 3.24. The van der Waals surface area contributed by atoms with Crippen LogP contribution in [0.15, 0.2) is 18.2 Å². The number of rotatable bonds is 4. The minimum atomic E-state index is -1.70. The molecular weight excluding hydrogens is 262 g/mol. The van der Waals surface area contributed by atoms with E-state index < -0.39 is 8.07 Å². The van der Waals surface area contributed by atoms with Gasteiger partial charge in [-0.2, -0.15) is 0 Å². The molecule has 0 aliphatic rings. The second-order valence-electron chi connectivity index (χ2n) is 6.32. The molecule has 110 valence electrons. The first-order valence-electron chi connectivity index (χ1n) is 7.44. The van der Waals surface area contributed by atoms with E-state index in [1.165, 1.54) is 0 Å². The zero-order chi connectivity index (χ0) is 15.3. The van der Waals surface area contributed by atoms with Crippen molar-refractivity contribution in [2.24, 2.45) is 0 Å². The molecule has 0 fully saturated rings. The molecule has 0 aliphatic heterocycles. The second-order valence-corrected chi connectivity index (χ2v) is 11.9. The monoisotopic (exact) mass is 289 g/mol. The van der Waals surface area contributed by atoms with Crippen LogP contribution in [0.3, 0.4) is 0 Å². The van der Waals surface area contributed by atoms with Crippen molar-refractivity contribution in [3.05, 3.63) is 29.6 Å². The lowest BCUT2D eigenvalue weighted by atomic mass is 10.3. The average molecular weight is 289 g/mol. The highest BCUT2D eigenvalue weighted by Crippen LogP contribution is 2.40. The predicted octanol–water partition coefficient (Wildman–Crippen LogP) is 4.14. The second kappa shape index (κ2) is 7.06. The maximum absolute atomic E-state index is 9.15. The smallest absolute Gasteiger partial charge is 0.146 e. The van der Waals surface area contributed by atoms with Gasteiger partial charge in [0.25, 0.3) is 0 Å². The van der Waals surface area contributed by atoms with E-state index in [0.717, 1.165) is 5.69 Å². The summed E-state index contributed by atoms with van der Waals surface area (Å²) in [5.74, 6) is 3.29. The van der Waals surface area contributed by atoms with E-state index in [2.05, 4.69) is 58.0 Å². The van der Waals surface area contributed by atoms with Crippen molar-refractivity contribution in [2.75, 3.05) is 0 Å². The topological polar surface area (TPSA) is 33.1 Å². The standard InChI is InChI=1S/C17H27NOSi/c1-13(2)20(14(3)4,15(5)6)11-10-16-8-7-9-17(12-19)18-16/h7-9,13-15,19H,12H2,1-6H3. The molecule has 0 bridgehead atoms. The molecule has 0 amide bonds. The molecule has 1 aromatic rings. The Kier molecular flexibility index (Phi) is 5.98. The summed E-state index contributed by atoms with van der Waals surface area (Å²) in [6.45, 7) is 13.8. The summed E-state index contributed by atoms with van der Waals surface area (Å²) in [5.41, 5.74) is 6.96. The summed E-state index contributed by atoms with van der Waals surface area (Å²) in [6.07, 6.45) is 0. The van der Waals surface area contributed by atoms with Crippen LogP contribution in [0.4, 0.5) is 0 Å².